The number of nitrogen functional groups attached to an aromatic ring is 1. The van der Waals surface area contributed by atoms with E-state index in [1.54, 1.807) is 0 Å². The minimum Gasteiger partial charge on any atom is -0.477 e. The van der Waals surface area contributed by atoms with Gasteiger partial charge in [0.05, 0.1) is 5.39 Å². The Morgan fingerprint density at radius 3 is 2.93 bits per heavy atom. The van der Waals surface area contributed by atoms with E-state index in [0.29, 0.717) is 0 Å². The first-order chi connectivity index (χ1) is 6.61. The van der Waals surface area contributed by atoms with Crippen molar-refractivity contribution >= 4 is 22.8 Å². The number of fused-ring (bicyclic) bond motifs is 1. The van der Waals surface area contributed by atoms with Gasteiger partial charge in [-0.25, -0.2) is 14.8 Å². The average molecular weight is 193 g/mol. The van der Waals surface area contributed by atoms with Gasteiger partial charge in [-0.15, -0.1) is 0 Å². The van der Waals surface area contributed by atoms with Crippen LogP contribution in [-0.2, 0) is 7.05 Å². The molecule has 3 N–H and O–H groups in total. The molecule has 0 spiro atoms. The molecule has 0 amide bonds. The molecule has 0 unspecified atom stereocenters. The van der Waals surface area contributed by atoms with Crippen LogP contribution in [0.1, 0.15) is 10.5 Å². The van der Waals surface area contributed by atoms with E-state index in [1.807, 2.05) is 0 Å². The summed E-state index contributed by atoms with van der Waals surface area (Å²) in [7, 11) is 1.52. The van der Waals surface area contributed by atoms with Crippen molar-refractivity contribution in [3.05, 3.63) is 12.0 Å². The number of aromatic carboxylic acids is 1. The zero-order chi connectivity index (χ0) is 10.3. The highest BCUT2D eigenvalue weighted by Crippen LogP contribution is 2.19. The number of carboxylic acid groups (broad SMARTS) is 1. The summed E-state index contributed by atoms with van der Waals surface area (Å²) in [6, 6.07) is 0. The third-order valence-corrected chi connectivity index (χ3v) is 1.86. The number of nitrogens with zero attached hydrogens (tertiary/aromatic N) is 4. The minimum atomic E-state index is -1.10. The predicted octanol–water partition coefficient (Wildman–Crippen LogP) is -0.356. The summed E-state index contributed by atoms with van der Waals surface area (Å²) in [6.07, 6.45) is 1.25. The molecule has 7 nitrogen and oxygen atoms in total. The number of rotatable bonds is 1. The van der Waals surface area contributed by atoms with E-state index < -0.39 is 5.97 Å². The molecule has 2 aromatic heterocycles. The molecule has 0 saturated heterocycles. The summed E-state index contributed by atoms with van der Waals surface area (Å²) in [5.41, 5.74) is 5.83. The molecule has 2 heterocycles. The first kappa shape index (κ1) is 8.42. The third kappa shape index (κ3) is 0.987. The predicted molar refractivity (Wildman–Crippen MR) is 47.7 cm³/mol. The zero-order valence-corrected chi connectivity index (χ0v) is 7.30. The van der Waals surface area contributed by atoms with E-state index >= 15 is 0 Å². The first-order valence-electron chi connectivity index (χ1n) is 3.77. The number of aromatic nitrogens is 4. The Bertz CT molecular complexity index is 518. The van der Waals surface area contributed by atoms with Crippen molar-refractivity contribution in [1.29, 1.82) is 0 Å². The van der Waals surface area contributed by atoms with Gasteiger partial charge in [0.15, 0.2) is 11.3 Å². The molecule has 14 heavy (non-hydrogen) atoms. The monoisotopic (exact) mass is 193 g/mol. The maximum atomic E-state index is 10.9. The lowest BCUT2D eigenvalue weighted by Gasteiger charge is -1.95. The van der Waals surface area contributed by atoms with E-state index in [9.17, 15) is 4.79 Å². The first-order valence-corrected chi connectivity index (χ1v) is 3.77. The van der Waals surface area contributed by atoms with Crippen LogP contribution in [0.3, 0.4) is 0 Å². The van der Waals surface area contributed by atoms with E-state index in [2.05, 4.69) is 15.1 Å². The maximum absolute atomic E-state index is 10.9. The van der Waals surface area contributed by atoms with Crippen molar-refractivity contribution < 1.29 is 9.90 Å². The number of hydrogen-bond acceptors (Lipinski definition) is 5. The Balaban J connectivity index is 2.93. The fourth-order valence-electron chi connectivity index (χ4n) is 1.29. The molecule has 7 heteroatoms. The van der Waals surface area contributed by atoms with Gasteiger partial charge in [0.25, 0.3) is 0 Å². The highest BCUT2D eigenvalue weighted by atomic mass is 16.4. The Morgan fingerprint density at radius 1 is 1.57 bits per heavy atom. The van der Waals surface area contributed by atoms with Crippen LogP contribution in [-0.4, -0.2) is 30.8 Å². The average Bonchev–Trinajstić information content (AvgIpc) is 2.42. The van der Waals surface area contributed by atoms with E-state index in [-0.39, 0.29) is 22.5 Å². The summed E-state index contributed by atoms with van der Waals surface area (Å²) in [6.45, 7) is 0. The minimum absolute atomic E-state index is 0.00176. The van der Waals surface area contributed by atoms with E-state index in [1.165, 1.54) is 18.1 Å². The van der Waals surface area contributed by atoms with Crippen molar-refractivity contribution in [2.24, 2.45) is 7.05 Å². The van der Waals surface area contributed by atoms with Crippen LogP contribution >= 0.6 is 0 Å². The van der Waals surface area contributed by atoms with E-state index in [4.69, 9.17) is 10.8 Å². The van der Waals surface area contributed by atoms with Crippen LogP contribution in [0.25, 0.3) is 11.0 Å². The van der Waals surface area contributed by atoms with Crippen LogP contribution in [0, 0.1) is 0 Å². The summed E-state index contributed by atoms with van der Waals surface area (Å²) < 4.78 is 1.22. The molecule has 0 saturated carbocycles. The highest BCUT2D eigenvalue weighted by Gasteiger charge is 2.18. The second-order valence-corrected chi connectivity index (χ2v) is 2.73. The Kier molecular flexibility index (Phi) is 1.60. The molecule has 0 aliphatic heterocycles. The van der Waals surface area contributed by atoms with Crippen LogP contribution in [0.4, 0.5) is 5.82 Å². The van der Waals surface area contributed by atoms with Crippen molar-refractivity contribution in [1.82, 2.24) is 19.7 Å². The van der Waals surface area contributed by atoms with Gasteiger partial charge in [0.1, 0.15) is 12.1 Å². The molecule has 0 fully saturated rings. The second kappa shape index (κ2) is 2.66. The summed E-state index contributed by atoms with van der Waals surface area (Å²) in [5.74, 6) is -0.975. The van der Waals surface area contributed by atoms with Crippen LogP contribution in [0.15, 0.2) is 6.33 Å². The molecular weight excluding hydrogens is 186 g/mol. The van der Waals surface area contributed by atoms with E-state index in [0.717, 1.165) is 0 Å². The lowest BCUT2D eigenvalue weighted by molar-refractivity contribution is 0.0687. The largest absolute Gasteiger partial charge is 0.477 e. The van der Waals surface area contributed by atoms with Crippen LogP contribution in [0.2, 0.25) is 0 Å². The van der Waals surface area contributed by atoms with Crippen molar-refractivity contribution in [3.63, 3.8) is 0 Å². The molecule has 72 valence electrons. The molecule has 0 radical (unpaired) electrons. The van der Waals surface area contributed by atoms with Gasteiger partial charge in [-0.2, -0.15) is 5.10 Å². The van der Waals surface area contributed by atoms with Crippen LogP contribution in [0.5, 0.6) is 0 Å². The number of carboxylic acids is 1. The second-order valence-electron chi connectivity index (χ2n) is 2.73. The Morgan fingerprint density at radius 2 is 2.29 bits per heavy atom. The fraction of sp³-hybridized carbons (Fsp3) is 0.143. The van der Waals surface area contributed by atoms with Gasteiger partial charge in [-0.1, -0.05) is 0 Å². The SMILES string of the molecule is Cn1nc2ncnc(N)c2c1C(=O)O. The smallest absolute Gasteiger partial charge is 0.355 e. The number of carbonyl (C=O) groups is 1. The van der Waals surface area contributed by atoms with Gasteiger partial charge in [0.2, 0.25) is 0 Å². The number of nitrogens with two attached hydrogens (primary N) is 1. The topological polar surface area (TPSA) is 107 Å². The Labute approximate surface area is 78.2 Å². The van der Waals surface area contributed by atoms with Gasteiger partial charge >= 0.3 is 5.97 Å². The molecule has 0 aromatic carbocycles. The molecular formula is C7H7N5O2. The molecule has 0 atom stereocenters. The number of hydrogen-bond donors (Lipinski definition) is 2. The lowest BCUT2D eigenvalue weighted by atomic mass is 10.3. The normalized spacial score (nSPS) is 10.6. The molecule has 0 bridgehead atoms. The van der Waals surface area contributed by atoms with Crippen molar-refractivity contribution in [3.8, 4) is 0 Å². The maximum Gasteiger partial charge on any atom is 0.355 e. The zero-order valence-electron chi connectivity index (χ0n) is 7.30. The van der Waals surface area contributed by atoms with Crippen LogP contribution < -0.4 is 5.73 Å². The molecule has 0 aliphatic carbocycles. The summed E-state index contributed by atoms with van der Waals surface area (Å²) >= 11 is 0. The molecule has 2 aromatic rings. The third-order valence-electron chi connectivity index (χ3n) is 1.86. The van der Waals surface area contributed by atoms with Gasteiger partial charge in [0, 0.05) is 7.05 Å². The Hall–Kier alpha value is -2.18. The number of aryl methyl sites for hydroxylation is 1. The van der Waals surface area contributed by atoms with Gasteiger partial charge < -0.3 is 10.8 Å². The van der Waals surface area contributed by atoms with Gasteiger partial charge in [-0.05, 0) is 0 Å². The summed E-state index contributed by atoms with van der Waals surface area (Å²) in [5, 5.41) is 13.1. The standard InChI is InChI=1S/C7H7N5O2/c1-12-4(7(13)14)3-5(8)9-2-10-6(3)11-12/h2H,1H3,(H,13,14)(H2,8,9,10,11). The lowest BCUT2D eigenvalue weighted by Crippen LogP contribution is -2.06. The summed E-state index contributed by atoms with van der Waals surface area (Å²) in [4.78, 5) is 18.4. The van der Waals surface area contributed by atoms with Gasteiger partial charge in [-0.3, -0.25) is 4.68 Å². The molecule has 2 rings (SSSR count). The highest BCUT2D eigenvalue weighted by molar-refractivity contribution is 6.04. The van der Waals surface area contributed by atoms with Crippen molar-refractivity contribution in [2.75, 3.05) is 5.73 Å². The molecule has 0 aliphatic rings. The van der Waals surface area contributed by atoms with Crippen molar-refractivity contribution in [2.45, 2.75) is 0 Å². The fourth-order valence-corrected chi connectivity index (χ4v) is 1.29. The number of anilines is 1. The quantitative estimate of drug-likeness (QED) is 0.640.